The van der Waals surface area contributed by atoms with Crippen molar-refractivity contribution >= 4 is 0 Å². The van der Waals surface area contributed by atoms with Crippen molar-refractivity contribution in [2.75, 3.05) is 13.2 Å². The Labute approximate surface area is 133 Å². The normalized spacial score (nSPS) is 40.2. The number of nitrogens with two attached hydrogens (primary N) is 1. The van der Waals surface area contributed by atoms with E-state index in [-0.39, 0.29) is 17.9 Å². The fraction of sp³-hybridized carbons (Fsp3) is 1.00. The van der Waals surface area contributed by atoms with E-state index in [0.717, 1.165) is 38.5 Å². The maximum atomic E-state index is 9.70. The highest BCUT2D eigenvalue weighted by atomic mass is 16.7. The summed E-state index contributed by atoms with van der Waals surface area (Å²) in [6.07, 6.45) is 7.64. The highest BCUT2D eigenvalue weighted by Gasteiger charge is 2.49. The van der Waals surface area contributed by atoms with Crippen LogP contribution in [0.4, 0.5) is 0 Å². The van der Waals surface area contributed by atoms with Crippen molar-refractivity contribution in [3.8, 4) is 0 Å². The third-order valence-corrected chi connectivity index (χ3v) is 5.72. The van der Waals surface area contributed by atoms with Gasteiger partial charge in [-0.1, -0.05) is 19.8 Å². The molecule has 0 aromatic heterocycles. The molecule has 2 heterocycles. The summed E-state index contributed by atoms with van der Waals surface area (Å²) in [7, 11) is 0. The zero-order chi connectivity index (χ0) is 15.6. The van der Waals surface area contributed by atoms with Gasteiger partial charge in [-0.2, -0.15) is 0 Å². The van der Waals surface area contributed by atoms with Crippen LogP contribution in [0, 0.1) is 11.8 Å². The smallest absolute Gasteiger partial charge is 0.168 e. The lowest BCUT2D eigenvalue weighted by atomic mass is 9.85. The number of aliphatic hydroxyl groups excluding tert-OH is 1. The van der Waals surface area contributed by atoms with E-state index in [2.05, 4.69) is 6.92 Å². The first-order valence-electron chi connectivity index (χ1n) is 9.00. The number of hydrogen-bond acceptors (Lipinski definition) is 5. The predicted molar refractivity (Wildman–Crippen MR) is 83.1 cm³/mol. The second-order valence-corrected chi connectivity index (χ2v) is 7.20. The Balaban J connectivity index is 1.55. The van der Waals surface area contributed by atoms with E-state index < -0.39 is 6.29 Å². The van der Waals surface area contributed by atoms with Crippen molar-refractivity contribution in [1.82, 2.24) is 0 Å². The molecule has 0 amide bonds. The van der Waals surface area contributed by atoms with E-state index in [4.69, 9.17) is 19.9 Å². The van der Waals surface area contributed by atoms with Crippen LogP contribution in [0.3, 0.4) is 0 Å². The standard InChI is InChI=1S/C17H31NO4/c1-2-3-4-6-17(20-8-9-21-17)7-5-12-13-10-16(19)22-15(13)11-14(12)18/h12-16,19H,2-11,18H2,1H3/t12-,13-,14-,15+,16?/m1/s1. The maximum Gasteiger partial charge on any atom is 0.168 e. The SMILES string of the molecule is CCCCCC1(CC[C@@H]2[C@H]3CC(O)O[C@H]3C[C@H]2N)OCCO1. The second kappa shape index (κ2) is 7.14. The monoisotopic (exact) mass is 313 g/mol. The molecule has 22 heavy (non-hydrogen) atoms. The minimum atomic E-state index is -0.595. The molecular formula is C17H31NO4. The van der Waals surface area contributed by atoms with Crippen LogP contribution in [-0.4, -0.2) is 42.5 Å². The molecule has 2 saturated heterocycles. The molecule has 0 radical (unpaired) electrons. The van der Waals surface area contributed by atoms with Gasteiger partial charge in [0.2, 0.25) is 0 Å². The van der Waals surface area contributed by atoms with Gasteiger partial charge < -0.3 is 25.1 Å². The van der Waals surface area contributed by atoms with Crippen molar-refractivity contribution in [1.29, 1.82) is 0 Å². The quantitative estimate of drug-likeness (QED) is 0.705. The minimum Gasteiger partial charge on any atom is -0.368 e. The van der Waals surface area contributed by atoms with Crippen LogP contribution in [-0.2, 0) is 14.2 Å². The molecule has 1 aliphatic carbocycles. The lowest BCUT2D eigenvalue weighted by molar-refractivity contribution is -0.170. The first-order valence-corrected chi connectivity index (χ1v) is 9.00. The van der Waals surface area contributed by atoms with E-state index in [1.165, 1.54) is 12.8 Å². The zero-order valence-corrected chi connectivity index (χ0v) is 13.7. The van der Waals surface area contributed by atoms with Crippen LogP contribution in [0.5, 0.6) is 0 Å². The molecule has 2 aliphatic heterocycles. The van der Waals surface area contributed by atoms with Gasteiger partial charge in [0.25, 0.3) is 0 Å². The molecule has 5 nitrogen and oxygen atoms in total. The zero-order valence-electron chi connectivity index (χ0n) is 13.7. The van der Waals surface area contributed by atoms with Crippen molar-refractivity contribution in [3.05, 3.63) is 0 Å². The van der Waals surface area contributed by atoms with Crippen molar-refractivity contribution in [2.24, 2.45) is 17.6 Å². The molecule has 1 unspecified atom stereocenters. The molecule has 0 aromatic rings. The Morgan fingerprint density at radius 1 is 1.14 bits per heavy atom. The van der Waals surface area contributed by atoms with Crippen molar-refractivity contribution < 1.29 is 19.3 Å². The molecule has 3 fully saturated rings. The Hall–Kier alpha value is -0.200. The Morgan fingerprint density at radius 2 is 1.91 bits per heavy atom. The van der Waals surface area contributed by atoms with Gasteiger partial charge in [-0.05, 0) is 31.1 Å². The molecule has 5 heteroatoms. The van der Waals surface area contributed by atoms with E-state index in [1.807, 2.05) is 0 Å². The first-order chi connectivity index (χ1) is 10.6. The van der Waals surface area contributed by atoms with Crippen LogP contribution in [0.25, 0.3) is 0 Å². The number of hydrogen-bond donors (Lipinski definition) is 2. The van der Waals surface area contributed by atoms with Crippen LogP contribution in [0.15, 0.2) is 0 Å². The lowest BCUT2D eigenvalue weighted by Crippen LogP contribution is -2.34. The highest BCUT2D eigenvalue weighted by molar-refractivity contribution is 4.98. The summed E-state index contributed by atoms with van der Waals surface area (Å²) in [5.74, 6) is 0.433. The number of aliphatic hydroxyl groups is 1. The molecule has 3 aliphatic rings. The number of rotatable bonds is 7. The summed E-state index contributed by atoms with van der Waals surface area (Å²) < 4.78 is 17.5. The molecule has 0 aromatic carbocycles. The molecule has 3 rings (SSSR count). The number of fused-ring (bicyclic) bond motifs is 1. The highest BCUT2D eigenvalue weighted by Crippen LogP contribution is 2.45. The predicted octanol–water partition coefficient (Wildman–Crippen LogP) is 2.16. The van der Waals surface area contributed by atoms with Gasteiger partial charge in [0.05, 0.1) is 19.3 Å². The topological polar surface area (TPSA) is 73.9 Å². The average molecular weight is 313 g/mol. The maximum absolute atomic E-state index is 9.70. The van der Waals surface area contributed by atoms with Crippen LogP contribution in [0.1, 0.15) is 58.3 Å². The molecule has 128 valence electrons. The van der Waals surface area contributed by atoms with Gasteiger partial charge in [-0.25, -0.2) is 0 Å². The summed E-state index contributed by atoms with van der Waals surface area (Å²) in [6, 6.07) is 0.177. The third kappa shape index (κ3) is 3.49. The Bertz CT molecular complexity index is 359. The molecule has 0 spiro atoms. The van der Waals surface area contributed by atoms with Gasteiger partial charge in [-0.3, -0.25) is 0 Å². The molecule has 3 N–H and O–H groups in total. The number of ether oxygens (including phenoxy) is 3. The van der Waals surface area contributed by atoms with Gasteiger partial charge in [-0.15, -0.1) is 0 Å². The summed E-state index contributed by atoms with van der Waals surface area (Å²) in [4.78, 5) is 0. The van der Waals surface area contributed by atoms with Crippen LogP contribution < -0.4 is 5.73 Å². The van der Waals surface area contributed by atoms with Gasteiger partial charge >= 0.3 is 0 Å². The molecule has 0 bridgehead atoms. The molecular weight excluding hydrogens is 282 g/mol. The second-order valence-electron chi connectivity index (χ2n) is 7.20. The summed E-state index contributed by atoms with van der Waals surface area (Å²) in [5.41, 5.74) is 6.32. The minimum absolute atomic E-state index is 0.149. The van der Waals surface area contributed by atoms with Crippen LogP contribution in [0.2, 0.25) is 0 Å². The van der Waals surface area contributed by atoms with Gasteiger partial charge in [0.15, 0.2) is 12.1 Å². The average Bonchev–Trinajstić information content (AvgIpc) is 3.13. The number of unbranched alkanes of at least 4 members (excludes halogenated alkanes) is 2. The third-order valence-electron chi connectivity index (χ3n) is 5.72. The lowest BCUT2D eigenvalue weighted by Gasteiger charge is -2.30. The Kier molecular flexibility index (Phi) is 5.40. The van der Waals surface area contributed by atoms with E-state index in [1.54, 1.807) is 0 Å². The summed E-state index contributed by atoms with van der Waals surface area (Å²) in [6.45, 7) is 3.62. The first kappa shape index (κ1) is 16.7. The van der Waals surface area contributed by atoms with E-state index >= 15 is 0 Å². The van der Waals surface area contributed by atoms with Crippen LogP contribution >= 0.6 is 0 Å². The summed E-state index contributed by atoms with van der Waals surface area (Å²) >= 11 is 0. The molecule has 1 saturated carbocycles. The van der Waals surface area contributed by atoms with E-state index in [9.17, 15) is 5.11 Å². The Morgan fingerprint density at radius 3 is 2.64 bits per heavy atom. The van der Waals surface area contributed by atoms with Crippen molar-refractivity contribution in [3.63, 3.8) is 0 Å². The summed E-state index contributed by atoms with van der Waals surface area (Å²) in [5, 5.41) is 9.70. The molecule has 5 atom stereocenters. The van der Waals surface area contributed by atoms with E-state index in [0.29, 0.717) is 25.0 Å². The fourth-order valence-electron chi connectivity index (χ4n) is 4.55. The van der Waals surface area contributed by atoms with Crippen molar-refractivity contribution in [2.45, 2.75) is 82.5 Å². The largest absolute Gasteiger partial charge is 0.368 e. The van der Waals surface area contributed by atoms with Gasteiger partial charge in [0.1, 0.15) is 0 Å². The fourth-order valence-corrected chi connectivity index (χ4v) is 4.55. The van der Waals surface area contributed by atoms with Gasteiger partial charge in [0, 0.05) is 25.3 Å².